The van der Waals surface area contributed by atoms with Gasteiger partial charge in [-0.25, -0.2) is 0 Å². The van der Waals surface area contributed by atoms with Crippen LogP contribution < -0.4 is 0 Å². The predicted octanol–water partition coefficient (Wildman–Crippen LogP) is -2.65. The van der Waals surface area contributed by atoms with E-state index in [4.69, 9.17) is 0 Å². The molecular formula is CH12BGeSi. The van der Waals surface area contributed by atoms with Gasteiger partial charge in [0.1, 0.15) is 0 Å². The van der Waals surface area contributed by atoms with Crippen molar-refractivity contribution in [3.63, 3.8) is 0 Å². The zero-order valence-corrected chi connectivity index (χ0v) is 0.577. The Morgan fingerprint density at radius 2 is 1.00 bits per heavy atom. The third kappa shape index (κ3) is 13.8. The van der Waals surface area contributed by atoms with Gasteiger partial charge in [-0.15, -0.1) is 0 Å². The third-order valence-electron chi connectivity index (χ3n) is 0. The minimum Gasteiger partial charge on any atom is -0.0149 e. The van der Waals surface area contributed by atoms with Crippen molar-refractivity contribution in [3.8, 4) is 0 Å². The molecule has 3 heteroatoms. The maximum absolute atomic E-state index is 0. The molecule has 0 bridgehead atoms. The van der Waals surface area contributed by atoms with Crippen molar-refractivity contribution in [1.82, 2.24) is 0 Å². The van der Waals surface area contributed by atoms with E-state index in [1.165, 1.54) is 0 Å². The molecule has 0 aromatic carbocycles. The summed E-state index contributed by atoms with van der Waals surface area (Å²) in [7, 11) is 0. The third-order valence-corrected chi connectivity index (χ3v) is 0. The van der Waals surface area contributed by atoms with Gasteiger partial charge in [0.15, 0.2) is 0 Å². The maximum atomic E-state index is 0. The van der Waals surface area contributed by atoms with Gasteiger partial charge in [-0.3, -0.25) is 0 Å². The van der Waals surface area contributed by atoms with E-state index in [0.29, 0.717) is 0 Å². The first-order chi connectivity index (χ1) is 0. The molecule has 0 spiro atoms. The van der Waals surface area contributed by atoms with Crippen LogP contribution in [-0.2, 0) is 0 Å². The molecule has 0 heterocycles. The van der Waals surface area contributed by atoms with Gasteiger partial charge < -0.3 is 0 Å². The van der Waals surface area contributed by atoms with E-state index < -0.39 is 0 Å². The van der Waals surface area contributed by atoms with Gasteiger partial charge in [0.2, 0.25) is 0 Å². The molecule has 0 aliphatic heterocycles. The monoisotopic (exact) mass is 137 g/mol. The molecular weight excluding hydrogens is 124 g/mol. The Morgan fingerprint density at radius 3 is 1.00 bits per heavy atom. The van der Waals surface area contributed by atoms with Crippen LogP contribution in [-0.4, -0.2) is 37.0 Å². The van der Waals surface area contributed by atoms with Crippen molar-refractivity contribution in [2.45, 2.75) is 7.43 Å². The molecule has 0 rings (SSSR count). The van der Waals surface area contributed by atoms with Crippen LogP contribution in [0.4, 0.5) is 0 Å². The second-order valence-electron chi connectivity index (χ2n) is 0. The number of rotatable bonds is 0. The first-order valence-corrected chi connectivity index (χ1v) is 0. The van der Waals surface area contributed by atoms with Crippen LogP contribution >= 0.6 is 0 Å². The van der Waals surface area contributed by atoms with Crippen molar-refractivity contribution in [3.05, 3.63) is 0 Å². The van der Waals surface area contributed by atoms with Gasteiger partial charge in [-0.2, -0.15) is 0 Å². The van der Waals surface area contributed by atoms with Gasteiger partial charge in [0.05, 0.1) is 0 Å². The van der Waals surface area contributed by atoms with Gasteiger partial charge in [0, 0.05) is 8.41 Å². The first kappa shape index (κ1) is 104. The van der Waals surface area contributed by atoms with Gasteiger partial charge in [0.25, 0.3) is 0 Å². The first-order valence-electron chi connectivity index (χ1n) is 0. The SMILES string of the molecule is C.[B].[GeH4].[SiH4]. The summed E-state index contributed by atoms with van der Waals surface area (Å²) in [6.07, 6.45) is 0. The van der Waals surface area contributed by atoms with E-state index >= 15 is 0 Å². The molecule has 0 aromatic rings. The van der Waals surface area contributed by atoms with E-state index in [2.05, 4.69) is 0 Å². The second kappa shape index (κ2) is 44.9. The Kier molecular flexibility index (Phi) is 1160. The van der Waals surface area contributed by atoms with Crippen LogP contribution in [0.25, 0.3) is 0 Å². The molecule has 3 radical (unpaired) electrons. The van der Waals surface area contributed by atoms with E-state index in [9.17, 15) is 0 Å². The summed E-state index contributed by atoms with van der Waals surface area (Å²) >= 11 is 0. The summed E-state index contributed by atoms with van der Waals surface area (Å²) < 4.78 is 0. The minimum absolute atomic E-state index is 0. The molecule has 4 heavy (non-hydrogen) atoms. The van der Waals surface area contributed by atoms with Gasteiger partial charge in [-0.1, -0.05) is 7.43 Å². The molecule has 0 nitrogen and oxygen atoms in total. The number of hydrogen-bond acceptors (Lipinski definition) is 0. The van der Waals surface area contributed by atoms with E-state index in [1.807, 2.05) is 0 Å². The van der Waals surface area contributed by atoms with Crippen molar-refractivity contribution < 1.29 is 0 Å². The van der Waals surface area contributed by atoms with Crippen LogP contribution in [0.15, 0.2) is 0 Å². The molecule has 27 valence electrons. The fourth-order valence-corrected chi connectivity index (χ4v) is 0. The molecule has 0 saturated heterocycles. The van der Waals surface area contributed by atoms with Crippen molar-refractivity contribution >= 4 is 37.0 Å². The molecule has 0 aromatic heterocycles. The fourth-order valence-electron chi connectivity index (χ4n) is 0. The average molecular weight is 136 g/mol. The Hall–Kier alpha value is 0.825. The zero-order valence-electron chi connectivity index (χ0n) is 0.577. The van der Waals surface area contributed by atoms with E-state index in [0.717, 1.165) is 0 Å². The quantitative estimate of drug-likeness (QED) is 0.319. The average Bonchev–Trinajstić information content (AvgIpc) is 0. The molecule has 0 fully saturated rings. The van der Waals surface area contributed by atoms with Crippen LogP contribution in [0.2, 0.25) is 0 Å². The Bertz CT molecular complexity index is 8.00. The summed E-state index contributed by atoms with van der Waals surface area (Å²) in [5.41, 5.74) is 0. The largest absolute Gasteiger partial charge is 0.0149 e. The summed E-state index contributed by atoms with van der Waals surface area (Å²) in [6.45, 7) is 0. The second-order valence-corrected chi connectivity index (χ2v) is 0. The summed E-state index contributed by atoms with van der Waals surface area (Å²) in [5.74, 6) is 0. The molecule has 0 N–H and O–H groups in total. The molecule has 0 atom stereocenters. The summed E-state index contributed by atoms with van der Waals surface area (Å²) in [5, 5.41) is 0. The van der Waals surface area contributed by atoms with Crippen LogP contribution in [0.1, 0.15) is 7.43 Å². The minimum atomic E-state index is 0. The molecule has 0 unspecified atom stereocenters. The topological polar surface area (TPSA) is 0 Å². The Balaban J connectivity index is 0. The standard InChI is InChI=1S/CH4.B.GeH4.H4Si/h1H4;;2*1H4. The maximum Gasteiger partial charge on any atom is -0.0149 e. The summed E-state index contributed by atoms with van der Waals surface area (Å²) in [4.78, 5) is 0. The number of hydrogen-bond donors (Lipinski definition) is 0. The summed E-state index contributed by atoms with van der Waals surface area (Å²) in [6, 6.07) is 0. The molecule has 0 aliphatic rings. The zero-order chi connectivity index (χ0) is 0. The fraction of sp³-hybridized carbons (Fsp3) is 1.00. The van der Waals surface area contributed by atoms with E-state index in [-0.39, 0.29) is 44.4 Å². The normalized spacial score (nSPS) is 0. The van der Waals surface area contributed by atoms with Crippen LogP contribution in [0, 0.1) is 0 Å². The van der Waals surface area contributed by atoms with Gasteiger partial charge in [-0.05, 0) is 11.0 Å². The Labute approximate surface area is 44.9 Å². The van der Waals surface area contributed by atoms with Crippen molar-refractivity contribution in [2.75, 3.05) is 0 Å². The molecule has 0 aliphatic carbocycles. The Morgan fingerprint density at radius 1 is 1.00 bits per heavy atom. The van der Waals surface area contributed by atoms with E-state index in [1.54, 1.807) is 0 Å². The van der Waals surface area contributed by atoms with Crippen LogP contribution in [0.3, 0.4) is 0 Å². The van der Waals surface area contributed by atoms with Crippen molar-refractivity contribution in [2.24, 2.45) is 0 Å². The van der Waals surface area contributed by atoms with Gasteiger partial charge >= 0.3 is 17.6 Å². The van der Waals surface area contributed by atoms with Crippen molar-refractivity contribution in [1.29, 1.82) is 0 Å². The molecule has 0 amide bonds. The van der Waals surface area contributed by atoms with Crippen LogP contribution in [0.5, 0.6) is 0 Å². The smallest absolute Gasteiger partial charge is 0.0149 e. The predicted molar refractivity (Wildman–Crippen MR) is 35.2 cm³/mol. The molecule has 0 saturated carbocycles.